The highest BCUT2D eigenvalue weighted by atomic mass is 19.1. The molecule has 0 saturated carbocycles. The number of amides is 1. The van der Waals surface area contributed by atoms with Crippen LogP contribution in [0, 0.1) is 18.7 Å². The lowest BCUT2D eigenvalue weighted by Crippen LogP contribution is -2.42. The average molecular weight is 279 g/mol. The van der Waals surface area contributed by atoms with Gasteiger partial charge in [0.15, 0.2) is 0 Å². The molecule has 0 aliphatic carbocycles. The number of amidine groups is 1. The van der Waals surface area contributed by atoms with Crippen molar-refractivity contribution >= 4 is 11.7 Å². The summed E-state index contributed by atoms with van der Waals surface area (Å²) in [5.41, 5.74) is 6.73. The first-order valence-corrected chi connectivity index (χ1v) is 6.55. The third-order valence-electron chi connectivity index (χ3n) is 3.73. The van der Waals surface area contributed by atoms with Crippen LogP contribution in [-0.2, 0) is 0 Å². The molecule has 1 aromatic carbocycles. The van der Waals surface area contributed by atoms with Gasteiger partial charge in [-0.1, -0.05) is 5.16 Å². The Morgan fingerprint density at radius 2 is 2.10 bits per heavy atom. The van der Waals surface area contributed by atoms with Crippen LogP contribution in [0.25, 0.3) is 0 Å². The van der Waals surface area contributed by atoms with Crippen LogP contribution in [0.3, 0.4) is 0 Å². The molecule has 6 heteroatoms. The number of carbonyl (C=O) groups excluding carboxylic acids is 1. The van der Waals surface area contributed by atoms with Gasteiger partial charge in [0.25, 0.3) is 5.91 Å². The molecule has 0 unspecified atom stereocenters. The molecular weight excluding hydrogens is 261 g/mol. The van der Waals surface area contributed by atoms with Gasteiger partial charge in [0.05, 0.1) is 0 Å². The van der Waals surface area contributed by atoms with E-state index in [4.69, 9.17) is 10.9 Å². The smallest absolute Gasteiger partial charge is 0.254 e. The Balaban J connectivity index is 2.05. The first-order valence-electron chi connectivity index (χ1n) is 6.55. The van der Waals surface area contributed by atoms with Crippen molar-refractivity contribution in [2.24, 2.45) is 16.8 Å². The first kappa shape index (κ1) is 14.3. The van der Waals surface area contributed by atoms with Gasteiger partial charge >= 0.3 is 0 Å². The predicted octanol–water partition coefficient (Wildman–Crippen LogP) is 1.73. The van der Waals surface area contributed by atoms with Gasteiger partial charge in [0, 0.05) is 24.6 Å². The second-order valence-electron chi connectivity index (χ2n) is 5.05. The SMILES string of the molecule is Cc1cc(F)ccc1C(=O)N1CCC(/C(N)=N/O)CC1. The Morgan fingerprint density at radius 3 is 2.65 bits per heavy atom. The van der Waals surface area contributed by atoms with Crippen molar-refractivity contribution in [2.45, 2.75) is 19.8 Å². The summed E-state index contributed by atoms with van der Waals surface area (Å²) in [7, 11) is 0. The summed E-state index contributed by atoms with van der Waals surface area (Å²) in [5, 5.41) is 11.7. The molecule has 3 N–H and O–H groups in total. The molecular formula is C14H18FN3O2. The number of oxime groups is 1. The summed E-state index contributed by atoms with van der Waals surface area (Å²) in [6.07, 6.45) is 1.34. The van der Waals surface area contributed by atoms with E-state index in [1.807, 2.05) is 0 Å². The van der Waals surface area contributed by atoms with Crippen LogP contribution in [0.1, 0.15) is 28.8 Å². The van der Waals surface area contributed by atoms with E-state index >= 15 is 0 Å². The van der Waals surface area contributed by atoms with Gasteiger partial charge in [-0.2, -0.15) is 0 Å². The molecule has 0 atom stereocenters. The molecule has 1 aliphatic heterocycles. The van der Waals surface area contributed by atoms with E-state index in [0.29, 0.717) is 37.1 Å². The molecule has 2 rings (SSSR count). The van der Waals surface area contributed by atoms with Crippen molar-refractivity contribution in [1.82, 2.24) is 4.90 Å². The first-order chi connectivity index (χ1) is 9.52. The van der Waals surface area contributed by atoms with Crippen molar-refractivity contribution in [3.63, 3.8) is 0 Å². The van der Waals surface area contributed by atoms with Crippen LogP contribution in [0.15, 0.2) is 23.4 Å². The zero-order valence-electron chi connectivity index (χ0n) is 11.3. The molecule has 1 aliphatic rings. The molecule has 0 bridgehead atoms. The van der Waals surface area contributed by atoms with Crippen molar-refractivity contribution in [3.05, 3.63) is 35.1 Å². The van der Waals surface area contributed by atoms with Gasteiger partial charge < -0.3 is 15.8 Å². The Kier molecular flexibility index (Phi) is 4.22. The Morgan fingerprint density at radius 1 is 1.45 bits per heavy atom. The Hall–Kier alpha value is -2.11. The fourth-order valence-electron chi connectivity index (χ4n) is 2.50. The third-order valence-corrected chi connectivity index (χ3v) is 3.73. The van der Waals surface area contributed by atoms with Gasteiger partial charge in [-0.15, -0.1) is 0 Å². The minimum Gasteiger partial charge on any atom is -0.409 e. The maximum absolute atomic E-state index is 13.1. The summed E-state index contributed by atoms with van der Waals surface area (Å²) in [4.78, 5) is 14.1. The number of halogens is 1. The zero-order valence-corrected chi connectivity index (χ0v) is 11.3. The monoisotopic (exact) mass is 279 g/mol. The van der Waals surface area contributed by atoms with E-state index < -0.39 is 0 Å². The van der Waals surface area contributed by atoms with Gasteiger partial charge in [0.2, 0.25) is 0 Å². The number of aryl methyl sites for hydroxylation is 1. The number of nitrogens with two attached hydrogens (primary N) is 1. The molecule has 0 spiro atoms. The highest BCUT2D eigenvalue weighted by Gasteiger charge is 2.26. The third kappa shape index (κ3) is 2.89. The molecule has 1 heterocycles. The summed E-state index contributed by atoms with van der Waals surface area (Å²) in [6.45, 7) is 2.83. The lowest BCUT2D eigenvalue weighted by molar-refractivity contribution is 0.0708. The van der Waals surface area contributed by atoms with Crippen molar-refractivity contribution in [3.8, 4) is 0 Å². The highest BCUT2D eigenvalue weighted by Crippen LogP contribution is 2.20. The minimum absolute atomic E-state index is 0.0124. The Labute approximate surface area is 116 Å². The van der Waals surface area contributed by atoms with Gasteiger partial charge in [-0.25, -0.2) is 4.39 Å². The van der Waals surface area contributed by atoms with Crippen LogP contribution >= 0.6 is 0 Å². The normalized spacial score (nSPS) is 17.3. The number of carbonyl (C=O) groups is 1. The number of hydrogen-bond donors (Lipinski definition) is 2. The average Bonchev–Trinajstić information content (AvgIpc) is 2.46. The number of benzene rings is 1. The van der Waals surface area contributed by atoms with Crippen LogP contribution in [0.2, 0.25) is 0 Å². The number of nitrogens with zero attached hydrogens (tertiary/aromatic N) is 2. The number of rotatable bonds is 2. The largest absolute Gasteiger partial charge is 0.409 e. The zero-order chi connectivity index (χ0) is 14.7. The lowest BCUT2D eigenvalue weighted by Gasteiger charge is -2.31. The van der Waals surface area contributed by atoms with E-state index in [1.165, 1.54) is 18.2 Å². The predicted molar refractivity (Wildman–Crippen MR) is 73.2 cm³/mol. The molecule has 5 nitrogen and oxygen atoms in total. The second-order valence-corrected chi connectivity index (χ2v) is 5.05. The highest BCUT2D eigenvalue weighted by molar-refractivity contribution is 5.95. The van der Waals surface area contributed by atoms with E-state index in [1.54, 1.807) is 11.8 Å². The van der Waals surface area contributed by atoms with Gasteiger partial charge in [-0.05, 0) is 43.5 Å². The molecule has 1 amide bonds. The van der Waals surface area contributed by atoms with Crippen LogP contribution in [0.5, 0.6) is 0 Å². The summed E-state index contributed by atoms with van der Waals surface area (Å²) < 4.78 is 13.1. The summed E-state index contributed by atoms with van der Waals surface area (Å²) in [6, 6.07) is 4.17. The van der Waals surface area contributed by atoms with Crippen LogP contribution in [0.4, 0.5) is 4.39 Å². The number of likely N-dealkylation sites (tertiary alicyclic amines) is 1. The molecule has 1 fully saturated rings. The lowest BCUT2D eigenvalue weighted by atomic mass is 9.95. The standard InChI is InChI=1S/C14H18FN3O2/c1-9-8-11(15)2-3-12(9)14(19)18-6-4-10(5-7-18)13(16)17-20/h2-3,8,10,20H,4-7H2,1H3,(H2,16,17). The molecule has 108 valence electrons. The van der Waals surface area contributed by atoms with Gasteiger partial charge in [-0.3, -0.25) is 4.79 Å². The van der Waals surface area contributed by atoms with E-state index in [0.717, 1.165) is 0 Å². The number of piperidine rings is 1. The number of hydrogen-bond acceptors (Lipinski definition) is 3. The fraction of sp³-hybridized carbons (Fsp3) is 0.429. The van der Waals surface area contributed by atoms with Crippen molar-refractivity contribution < 1.29 is 14.4 Å². The van der Waals surface area contributed by atoms with Crippen molar-refractivity contribution in [2.75, 3.05) is 13.1 Å². The summed E-state index contributed by atoms with van der Waals surface area (Å²) in [5.74, 6) is -0.210. The molecule has 0 radical (unpaired) electrons. The van der Waals surface area contributed by atoms with Crippen LogP contribution < -0.4 is 5.73 Å². The molecule has 1 aromatic rings. The second kappa shape index (κ2) is 5.90. The summed E-state index contributed by atoms with van der Waals surface area (Å²) >= 11 is 0. The van der Waals surface area contributed by atoms with Crippen molar-refractivity contribution in [1.29, 1.82) is 0 Å². The quantitative estimate of drug-likeness (QED) is 0.374. The fourth-order valence-corrected chi connectivity index (χ4v) is 2.50. The topological polar surface area (TPSA) is 78.9 Å². The van der Waals surface area contributed by atoms with E-state index in [-0.39, 0.29) is 23.5 Å². The van der Waals surface area contributed by atoms with Gasteiger partial charge in [0.1, 0.15) is 11.7 Å². The molecule has 20 heavy (non-hydrogen) atoms. The maximum atomic E-state index is 13.1. The maximum Gasteiger partial charge on any atom is 0.254 e. The van der Waals surface area contributed by atoms with E-state index in [2.05, 4.69) is 5.16 Å². The van der Waals surface area contributed by atoms with Crippen LogP contribution in [-0.4, -0.2) is 34.9 Å². The van der Waals surface area contributed by atoms with E-state index in [9.17, 15) is 9.18 Å². The minimum atomic E-state index is -0.343. The Bertz CT molecular complexity index is 537. The molecule has 0 aromatic heterocycles. The molecule has 1 saturated heterocycles.